The second-order valence-corrected chi connectivity index (χ2v) is 10.4. The maximum Gasteiger partial charge on any atom is 0.210 e. The number of rotatable bonds is 3. The molecule has 140 valence electrons. The first-order valence-corrected chi connectivity index (χ1v) is 11.0. The SMILES string of the molecule is COc1cc2c(cc1S(=O)(=O)c1ccc(Br)cc1)C(O)C(Br)C(C)(C)O2. The van der Waals surface area contributed by atoms with E-state index >= 15 is 0 Å². The summed E-state index contributed by atoms with van der Waals surface area (Å²) in [5, 5.41) is 10.7. The Morgan fingerprint density at radius 2 is 1.81 bits per heavy atom. The van der Waals surface area contributed by atoms with Gasteiger partial charge in [0.1, 0.15) is 22.0 Å². The first kappa shape index (κ1) is 19.7. The van der Waals surface area contributed by atoms with E-state index in [-0.39, 0.29) is 20.4 Å². The minimum atomic E-state index is -3.83. The van der Waals surface area contributed by atoms with Gasteiger partial charge in [0.2, 0.25) is 9.84 Å². The monoisotopic (exact) mass is 504 g/mol. The molecule has 0 aromatic heterocycles. The molecule has 2 aromatic rings. The Kier molecular flexibility index (Phi) is 5.16. The van der Waals surface area contributed by atoms with E-state index in [1.165, 1.54) is 31.4 Å². The number of fused-ring (bicyclic) bond motifs is 1. The minimum Gasteiger partial charge on any atom is -0.495 e. The lowest BCUT2D eigenvalue weighted by Gasteiger charge is -2.40. The fraction of sp³-hybridized carbons (Fsp3) is 0.333. The zero-order chi connectivity index (χ0) is 19.3. The lowest BCUT2D eigenvalue weighted by molar-refractivity contribution is 0.0221. The van der Waals surface area contributed by atoms with Crippen LogP contribution >= 0.6 is 31.9 Å². The molecule has 1 heterocycles. The first-order valence-electron chi connectivity index (χ1n) is 7.81. The van der Waals surface area contributed by atoms with Crippen molar-refractivity contribution in [2.75, 3.05) is 7.11 Å². The summed E-state index contributed by atoms with van der Waals surface area (Å²) in [5.74, 6) is 0.576. The van der Waals surface area contributed by atoms with Gasteiger partial charge < -0.3 is 14.6 Å². The van der Waals surface area contributed by atoms with E-state index in [1.807, 2.05) is 13.8 Å². The van der Waals surface area contributed by atoms with Gasteiger partial charge in [-0.25, -0.2) is 8.42 Å². The van der Waals surface area contributed by atoms with Gasteiger partial charge in [-0.2, -0.15) is 0 Å². The molecule has 0 saturated carbocycles. The van der Waals surface area contributed by atoms with Gasteiger partial charge in [0, 0.05) is 16.1 Å². The molecule has 2 atom stereocenters. The normalized spacial score (nSPS) is 21.6. The summed E-state index contributed by atoms with van der Waals surface area (Å²) in [6, 6.07) is 9.30. The summed E-state index contributed by atoms with van der Waals surface area (Å²) < 4.78 is 38.2. The van der Waals surface area contributed by atoms with Crippen LogP contribution in [0.4, 0.5) is 0 Å². The van der Waals surface area contributed by atoms with Crippen molar-refractivity contribution in [1.82, 2.24) is 0 Å². The third-order valence-electron chi connectivity index (χ3n) is 4.34. The molecule has 5 nitrogen and oxygen atoms in total. The Morgan fingerprint density at radius 1 is 1.19 bits per heavy atom. The van der Waals surface area contributed by atoms with Crippen LogP contribution in [0.2, 0.25) is 0 Å². The number of aliphatic hydroxyl groups is 1. The molecule has 1 N–H and O–H groups in total. The van der Waals surface area contributed by atoms with Gasteiger partial charge in [0.25, 0.3) is 0 Å². The highest BCUT2D eigenvalue weighted by atomic mass is 79.9. The highest BCUT2D eigenvalue weighted by molar-refractivity contribution is 9.10. The third kappa shape index (κ3) is 3.28. The van der Waals surface area contributed by atoms with Crippen molar-refractivity contribution >= 4 is 41.7 Å². The molecule has 26 heavy (non-hydrogen) atoms. The lowest BCUT2D eigenvalue weighted by atomic mass is 9.91. The average Bonchev–Trinajstić information content (AvgIpc) is 2.59. The second-order valence-electron chi connectivity index (χ2n) is 6.55. The molecular weight excluding hydrogens is 488 g/mol. The summed E-state index contributed by atoms with van der Waals surface area (Å²) >= 11 is 6.74. The van der Waals surface area contributed by atoms with Crippen LogP contribution in [0.25, 0.3) is 0 Å². The fourth-order valence-corrected chi connectivity index (χ4v) is 4.94. The molecule has 0 saturated heterocycles. The molecule has 2 aromatic carbocycles. The largest absolute Gasteiger partial charge is 0.495 e. The van der Waals surface area contributed by atoms with Crippen LogP contribution in [0.5, 0.6) is 11.5 Å². The standard InChI is InChI=1S/C18H18Br2O5S/c1-18(2)17(20)16(21)12-8-15(14(24-3)9-13(12)25-18)26(22,23)11-6-4-10(19)5-7-11/h4-9,16-17,21H,1-3H3. The summed E-state index contributed by atoms with van der Waals surface area (Å²) in [7, 11) is -2.43. The van der Waals surface area contributed by atoms with Crippen LogP contribution in [0.15, 0.2) is 50.7 Å². The van der Waals surface area contributed by atoms with Crippen molar-refractivity contribution in [3.63, 3.8) is 0 Å². The predicted molar refractivity (Wildman–Crippen MR) is 105 cm³/mol. The number of aliphatic hydroxyl groups excluding tert-OH is 1. The van der Waals surface area contributed by atoms with Crippen molar-refractivity contribution in [3.8, 4) is 11.5 Å². The maximum atomic E-state index is 13.1. The van der Waals surface area contributed by atoms with E-state index in [0.717, 1.165) is 4.47 Å². The van der Waals surface area contributed by atoms with Gasteiger partial charge in [-0.3, -0.25) is 0 Å². The fourth-order valence-electron chi connectivity index (χ4n) is 2.86. The van der Waals surface area contributed by atoms with E-state index < -0.39 is 21.5 Å². The molecule has 0 bridgehead atoms. The molecule has 2 unspecified atom stereocenters. The van der Waals surface area contributed by atoms with Gasteiger partial charge >= 0.3 is 0 Å². The van der Waals surface area contributed by atoms with Gasteiger partial charge in [-0.05, 0) is 44.2 Å². The van der Waals surface area contributed by atoms with Crippen molar-refractivity contribution < 1.29 is 23.0 Å². The van der Waals surface area contributed by atoms with Gasteiger partial charge in [-0.1, -0.05) is 31.9 Å². The van der Waals surface area contributed by atoms with Gasteiger partial charge in [0.15, 0.2) is 0 Å². The topological polar surface area (TPSA) is 72.8 Å². The summed E-state index contributed by atoms with van der Waals surface area (Å²) in [6.45, 7) is 3.69. The Morgan fingerprint density at radius 3 is 2.38 bits per heavy atom. The van der Waals surface area contributed by atoms with E-state index in [9.17, 15) is 13.5 Å². The average molecular weight is 506 g/mol. The van der Waals surface area contributed by atoms with E-state index in [1.54, 1.807) is 12.1 Å². The number of ether oxygens (including phenoxy) is 2. The van der Waals surface area contributed by atoms with Gasteiger partial charge in [0.05, 0.1) is 22.9 Å². The quantitative estimate of drug-likeness (QED) is 0.631. The molecule has 0 aliphatic carbocycles. The van der Waals surface area contributed by atoms with Gasteiger partial charge in [-0.15, -0.1) is 0 Å². The number of methoxy groups -OCH3 is 1. The molecular formula is C18H18Br2O5S. The smallest absolute Gasteiger partial charge is 0.210 e. The molecule has 0 fully saturated rings. The van der Waals surface area contributed by atoms with Crippen molar-refractivity contribution in [1.29, 1.82) is 0 Å². The predicted octanol–water partition coefficient (Wildman–Crippen LogP) is 4.26. The van der Waals surface area contributed by atoms with Crippen LogP contribution in [0.3, 0.4) is 0 Å². The molecule has 1 aliphatic heterocycles. The molecule has 1 aliphatic rings. The summed E-state index contributed by atoms with van der Waals surface area (Å²) in [6.07, 6.45) is -0.918. The maximum absolute atomic E-state index is 13.1. The van der Waals surface area contributed by atoms with Crippen LogP contribution in [0.1, 0.15) is 25.5 Å². The molecule has 0 amide bonds. The Bertz CT molecular complexity index is 939. The number of sulfone groups is 1. The Hall–Kier alpha value is -1.09. The Labute approximate surface area is 169 Å². The number of halogens is 2. The first-order chi connectivity index (χ1) is 12.1. The highest BCUT2D eigenvalue weighted by Crippen LogP contribution is 2.47. The van der Waals surface area contributed by atoms with Crippen LogP contribution in [-0.4, -0.2) is 31.1 Å². The summed E-state index contributed by atoms with van der Waals surface area (Å²) in [4.78, 5) is -0.261. The zero-order valence-electron chi connectivity index (χ0n) is 14.4. The minimum absolute atomic E-state index is 0.0110. The molecule has 0 spiro atoms. The molecule has 8 heteroatoms. The highest BCUT2D eigenvalue weighted by Gasteiger charge is 2.43. The van der Waals surface area contributed by atoms with Crippen molar-refractivity contribution in [2.45, 2.75) is 40.2 Å². The Balaban J connectivity index is 2.19. The van der Waals surface area contributed by atoms with Crippen LogP contribution in [-0.2, 0) is 9.84 Å². The van der Waals surface area contributed by atoms with Crippen LogP contribution < -0.4 is 9.47 Å². The van der Waals surface area contributed by atoms with E-state index in [4.69, 9.17) is 9.47 Å². The number of hydrogen-bond acceptors (Lipinski definition) is 5. The van der Waals surface area contributed by atoms with Crippen molar-refractivity contribution in [2.24, 2.45) is 0 Å². The number of alkyl halides is 1. The zero-order valence-corrected chi connectivity index (χ0v) is 18.4. The second kappa shape index (κ2) is 6.82. The van der Waals surface area contributed by atoms with Crippen LogP contribution in [0, 0.1) is 0 Å². The number of hydrogen-bond donors (Lipinski definition) is 1. The number of benzene rings is 2. The summed E-state index contributed by atoms with van der Waals surface area (Å²) in [5.41, 5.74) is -0.258. The van der Waals surface area contributed by atoms with E-state index in [2.05, 4.69) is 31.9 Å². The lowest BCUT2D eigenvalue weighted by Crippen LogP contribution is -2.45. The molecule has 0 radical (unpaired) electrons. The van der Waals surface area contributed by atoms with Crippen molar-refractivity contribution in [3.05, 3.63) is 46.4 Å². The third-order valence-corrected chi connectivity index (χ3v) is 8.27. The van der Waals surface area contributed by atoms with E-state index in [0.29, 0.717) is 11.3 Å². The molecule has 3 rings (SSSR count).